The van der Waals surface area contributed by atoms with E-state index in [2.05, 4.69) is 24.4 Å². The lowest BCUT2D eigenvalue weighted by Gasteiger charge is -2.27. The molecule has 0 aliphatic heterocycles. The number of nitriles is 1. The number of rotatable bonds is 3. The Morgan fingerprint density at radius 1 is 1.29 bits per heavy atom. The number of nitrogens with zero attached hydrogens (tertiary/aromatic N) is 2. The number of anilines is 1. The lowest BCUT2D eigenvalue weighted by atomic mass is 9.82. The van der Waals surface area contributed by atoms with E-state index in [0.29, 0.717) is 0 Å². The molecule has 3 heteroatoms. The number of aryl methyl sites for hydroxylation is 2. The van der Waals surface area contributed by atoms with Gasteiger partial charge in [0.1, 0.15) is 11.9 Å². The maximum Gasteiger partial charge on any atom is 0.144 e. The first-order chi connectivity index (χ1) is 10.3. The molecular formula is C18H25N3. The summed E-state index contributed by atoms with van der Waals surface area (Å²) in [6.07, 6.45) is 9.93. The number of hydrogen-bond donors (Lipinski definition) is 1. The van der Waals surface area contributed by atoms with Gasteiger partial charge in [-0.2, -0.15) is 5.26 Å². The summed E-state index contributed by atoms with van der Waals surface area (Å²) in [4.78, 5) is 4.75. The molecule has 1 saturated carbocycles. The van der Waals surface area contributed by atoms with Crippen LogP contribution in [0.25, 0.3) is 0 Å². The van der Waals surface area contributed by atoms with E-state index in [-0.39, 0.29) is 0 Å². The number of nitrogens with one attached hydrogen (secondary N) is 1. The highest BCUT2D eigenvalue weighted by Crippen LogP contribution is 2.29. The van der Waals surface area contributed by atoms with Gasteiger partial charge in [0.2, 0.25) is 0 Å². The Morgan fingerprint density at radius 2 is 2.14 bits per heavy atom. The van der Waals surface area contributed by atoms with Gasteiger partial charge in [-0.3, -0.25) is 0 Å². The summed E-state index contributed by atoms with van der Waals surface area (Å²) < 4.78 is 0. The lowest BCUT2D eigenvalue weighted by molar-refractivity contribution is 0.293. The summed E-state index contributed by atoms with van der Waals surface area (Å²) in [5.74, 6) is 2.40. The van der Waals surface area contributed by atoms with Crippen molar-refractivity contribution in [1.29, 1.82) is 5.26 Å². The minimum atomic E-state index is 0.722. The number of hydrogen-bond acceptors (Lipinski definition) is 3. The van der Waals surface area contributed by atoms with E-state index in [0.717, 1.165) is 42.6 Å². The highest BCUT2D eigenvalue weighted by molar-refractivity contribution is 5.54. The van der Waals surface area contributed by atoms with E-state index >= 15 is 0 Å². The molecule has 0 amide bonds. The van der Waals surface area contributed by atoms with Crippen LogP contribution in [-0.4, -0.2) is 11.5 Å². The second-order valence-corrected chi connectivity index (χ2v) is 6.83. The molecule has 3 rings (SSSR count). The Labute approximate surface area is 127 Å². The second-order valence-electron chi connectivity index (χ2n) is 6.83. The summed E-state index contributed by atoms with van der Waals surface area (Å²) in [5, 5.41) is 12.8. The Hall–Kier alpha value is -1.56. The largest absolute Gasteiger partial charge is 0.369 e. The van der Waals surface area contributed by atoms with Gasteiger partial charge >= 0.3 is 0 Å². The van der Waals surface area contributed by atoms with Crippen molar-refractivity contribution in [3.63, 3.8) is 0 Å². The van der Waals surface area contributed by atoms with Crippen molar-refractivity contribution in [1.82, 2.24) is 4.98 Å². The molecule has 2 aliphatic carbocycles. The minimum Gasteiger partial charge on any atom is -0.369 e. The molecule has 1 heterocycles. The lowest BCUT2D eigenvalue weighted by Crippen LogP contribution is -2.22. The van der Waals surface area contributed by atoms with Crippen LogP contribution >= 0.6 is 0 Å². The fraction of sp³-hybridized carbons (Fsp3) is 0.667. The van der Waals surface area contributed by atoms with Gasteiger partial charge in [-0.1, -0.05) is 19.8 Å². The smallest absolute Gasteiger partial charge is 0.144 e. The minimum absolute atomic E-state index is 0.722. The molecular weight excluding hydrogens is 258 g/mol. The SMILES string of the molecule is CC1CCCC(CNc2nc3c(cc2C#N)CCCC3)C1. The third-order valence-corrected chi connectivity index (χ3v) is 5.02. The van der Waals surface area contributed by atoms with Crippen LogP contribution in [0.2, 0.25) is 0 Å². The van der Waals surface area contributed by atoms with E-state index in [1.54, 1.807) is 0 Å². The van der Waals surface area contributed by atoms with Crippen LogP contribution in [0.3, 0.4) is 0 Å². The summed E-state index contributed by atoms with van der Waals surface area (Å²) in [7, 11) is 0. The van der Waals surface area contributed by atoms with Gasteiger partial charge in [0, 0.05) is 12.2 Å². The molecule has 1 aromatic rings. The van der Waals surface area contributed by atoms with Crippen LogP contribution in [0.5, 0.6) is 0 Å². The van der Waals surface area contributed by atoms with E-state index in [4.69, 9.17) is 4.98 Å². The quantitative estimate of drug-likeness (QED) is 0.909. The summed E-state index contributed by atoms with van der Waals surface area (Å²) >= 11 is 0. The number of pyridine rings is 1. The molecule has 21 heavy (non-hydrogen) atoms. The fourth-order valence-electron chi connectivity index (χ4n) is 3.84. The van der Waals surface area contributed by atoms with Crippen LogP contribution in [0.15, 0.2) is 6.07 Å². The molecule has 2 unspecified atom stereocenters. The fourth-order valence-corrected chi connectivity index (χ4v) is 3.84. The van der Waals surface area contributed by atoms with Crippen LogP contribution in [-0.2, 0) is 12.8 Å². The van der Waals surface area contributed by atoms with Crippen LogP contribution in [0.4, 0.5) is 5.82 Å². The third kappa shape index (κ3) is 3.37. The molecule has 1 fully saturated rings. The van der Waals surface area contributed by atoms with Gasteiger partial charge in [0.05, 0.1) is 5.56 Å². The van der Waals surface area contributed by atoms with Gasteiger partial charge in [0.25, 0.3) is 0 Å². The first-order valence-electron chi connectivity index (χ1n) is 8.43. The third-order valence-electron chi connectivity index (χ3n) is 5.02. The zero-order valence-electron chi connectivity index (χ0n) is 13.0. The predicted molar refractivity (Wildman–Crippen MR) is 85.2 cm³/mol. The molecule has 0 saturated heterocycles. The molecule has 1 aromatic heterocycles. The normalized spacial score (nSPS) is 25.0. The molecule has 0 spiro atoms. The average molecular weight is 283 g/mol. The van der Waals surface area contributed by atoms with Crippen LogP contribution < -0.4 is 5.32 Å². The molecule has 3 nitrogen and oxygen atoms in total. The van der Waals surface area contributed by atoms with E-state index in [9.17, 15) is 5.26 Å². The number of aromatic nitrogens is 1. The molecule has 2 aliphatic rings. The molecule has 112 valence electrons. The molecule has 1 N–H and O–H groups in total. The monoisotopic (exact) mass is 283 g/mol. The Balaban J connectivity index is 1.71. The average Bonchev–Trinajstić information content (AvgIpc) is 2.52. The zero-order chi connectivity index (χ0) is 14.7. The van der Waals surface area contributed by atoms with E-state index in [1.165, 1.54) is 49.8 Å². The van der Waals surface area contributed by atoms with Crippen molar-refractivity contribution in [2.24, 2.45) is 11.8 Å². The predicted octanol–water partition coefficient (Wildman–Crippen LogP) is 4.07. The molecule has 0 radical (unpaired) electrons. The maximum absolute atomic E-state index is 9.37. The van der Waals surface area contributed by atoms with Crippen molar-refractivity contribution >= 4 is 5.82 Å². The van der Waals surface area contributed by atoms with Gasteiger partial charge < -0.3 is 5.32 Å². The standard InChI is InChI=1S/C18H25N3/c1-13-5-4-6-14(9-13)12-20-18-16(11-19)10-15-7-2-3-8-17(15)21-18/h10,13-14H,2-9,12H2,1H3,(H,20,21). The molecule has 0 bridgehead atoms. The van der Waals surface area contributed by atoms with Crippen molar-refractivity contribution in [2.75, 3.05) is 11.9 Å². The van der Waals surface area contributed by atoms with E-state index in [1.807, 2.05) is 0 Å². The zero-order valence-corrected chi connectivity index (χ0v) is 13.0. The molecule has 0 aromatic carbocycles. The highest BCUT2D eigenvalue weighted by Gasteiger charge is 2.20. The summed E-state index contributed by atoms with van der Waals surface area (Å²) in [6, 6.07) is 4.38. The van der Waals surface area contributed by atoms with Crippen LogP contribution in [0, 0.1) is 23.2 Å². The Morgan fingerprint density at radius 3 is 2.95 bits per heavy atom. The summed E-state index contributed by atoms with van der Waals surface area (Å²) in [6.45, 7) is 3.31. The highest BCUT2D eigenvalue weighted by atomic mass is 15.0. The Kier molecular flexibility index (Phi) is 4.43. The van der Waals surface area contributed by atoms with Gasteiger partial charge in [-0.25, -0.2) is 4.98 Å². The second kappa shape index (κ2) is 6.47. The van der Waals surface area contributed by atoms with Crippen molar-refractivity contribution in [2.45, 2.75) is 58.3 Å². The van der Waals surface area contributed by atoms with Gasteiger partial charge in [-0.15, -0.1) is 0 Å². The first kappa shape index (κ1) is 14.4. The van der Waals surface area contributed by atoms with E-state index < -0.39 is 0 Å². The van der Waals surface area contributed by atoms with Crippen molar-refractivity contribution in [3.05, 3.63) is 22.9 Å². The Bertz CT molecular complexity index is 544. The summed E-state index contributed by atoms with van der Waals surface area (Å²) in [5.41, 5.74) is 3.22. The maximum atomic E-state index is 9.37. The van der Waals surface area contributed by atoms with Crippen molar-refractivity contribution < 1.29 is 0 Å². The molecule has 2 atom stereocenters. The number of fused-ring (bicyclic) bond motifs is 1. The van der Waals surface area contributed by atoms with Crippen molar-refractivity contribution in [3.8, 4) is 6.07 Å². The first-order valence-corrected chi connectivity index (χ1v) is 8.43. The van der Waals surface area contributed by atoms with Gasteiger partial charge in [-0.05, 0) is 62.0 Å². The van der Waals surface area contributed by atoms with Gasteiger partial charge in [0.15, 0.2) is 0 Å². The topological polar surface area (TPSA) is 48.7 Å². The van der Waals surface area contributed by atoms with Crippen LogP contribution in [0.1, 0.15) is 62.3 Å².